The minimum Gasteiger partial charge on any atom is -0.392 e. The van der Waals surface area contributed by atoms with Crippen molar-refractivity contribution in [2.24, 2.45) is 5.92 Å². The van der Waals surface area contributed by atoms with Gasteiger partial charge in [0.05, 0.1) is 23.3 Å². The third-order valence-corrected chi connectivity index (χ3v) is 3.74. The van der Waals surface area contributed by atoms with Crippen molar-refractivity contribution in [1.29, 1.82) is 0 Å². The predicted octanol–water partition coefficient (Wildman–Crippen LogP) is 2.42. The van der Waals surface area contributed by atoms with Crippen LogP contribution in [0.4, 0.5) is 0 Å². The van der Waals surface area contributed by atoms with Crippen molar-refractivity contribution >= 4 is 15.9 Å². The molecule has 0 saturated heterocycles. The molecule has 1 aromatic rings. The van der Waals surface area contributed by atoms with Crippen molar-refractivity contribution in [3.05, 3.63) is 16.9 Å². The Morgan fingerprint density at radius 1 is 1.44 bits per heavy atom. The molecule has 2 N–H and O–H groups in total. The molecule has 0 bridgehead atoms. The van der Waals surface area contributed by atoms with Gasteiger partial charge in [-0.15, -0.1) is 0 Å². The van der Waals surface area contributed by atoms with Gasteiger partial charge in [0.15, 0.2) is 0 Å². The lowest BCUT2D eigenvalue weighted by molar-refractivity contribution is 0.0980. The molecule has 5 heteroatoms. The first-order valence-corrected chi connectivity index (χ1v) is 7.45. The van der Waals surface area contributed by atoms with E-state index in [1.807, 2.05) is 10.9 Å². The van der Waals surface area contributed by atoms with E-state index in [2.05, 4.69) is 47.1 Å². The van der Waals surface area contributed by atoms with Crippen LogP contribution in [0, 0.1) is 5.92 Å². The van der Waals surface area contributed by atoms with Gasteiger partial charge in [0, 0.05) is 18.8 Å². The summed E-state index contributed by atoms with van der Waals surface area (Å²) in [6.45, 7) is 7.82. The Hall–Kier alpha value is -0.390. The van der Waals surface area contributed by atoms with Crippen molar-refractivity contribution < 1.29 is 5.11 Å². The van der Waals surface area contributed by atoms with Gasteiger partial charge in [0.2, 0.25) is 0 Å². The number of aliphatic hydroxyl groups excluding tert-OH is 1. The van der Waals surface area contributed by atoms with Crippen LogP contribution in [0.25, 0.3) is 0 Å². The maximum Gasteiger partial charge on any atom is 0.0692 e. The van der Waals surface area contributed by atoms with Gasteiger partial charge in [-0.25, -0.2) is 0 Å². The summed E-state index contributed by atoms with van der Waals surface area (Å²) in [7, 11) is 0. The maximum absolute atomic E-state index is 10.0. The molecule has 4 nitrogen and oxygen atoms in total. The van der Waals surface area contributed by atoms with Gasteiger partial charge in [0.25, 0.3) is 0 Å². The van der Waals surface area contributed by atoms with E-state index in [0.717, 1.165) is 23.9 Å². The number of aliphatic hydroxyl groups is 1. The number of hydrogen-bond acceptors (Lipinski definition) is 3. The first kappa shape index (κ1) is 15.7. The van der Waals surface area contributed by atoms with Crippen LogP contribution in [0.5, 0.6) is 0 Å². The summed E-state index contributed by atoms with van der Waals surface area (Å²) in [5, 5.41) is 17.6. The Kier molecular flexibility index (Phi) is 6.89. The summed E-state index contributed by atoms with van der Waals surface area (Å²) < 4.78 is 2.89. The second-order valence-corrected chi connectivity index (χ2v) is 5.75. The highest BCUT2D eigenvalue weighted by atomic mass is 79.9. The maximum atomic E-state index is 10.0. The molecule has 0 amide bonds. The zero-order valence-electron chi connectivity index (χ0n) is 11.4. The number of halogens is 1. The lowest BCUT2D eigenvalue weighted by Crippen LogP contribution is -2.39. The molecule has 0 aromatic carbocycles. The van der Waals surface area contributed by atoms with Crippen LogP contribution < -0.4 is 5.32 Å². The van der Waals surface area contributed by atoms with E-state index in [0.29, 0.717) is 18.5 Å². The number of aromatic nitrogens is 2. The molecule has 2 unspecified atom stereocenters. The van der Waals surface area contributed by atoms with Crippen LogP contribution in [0.1, 0.15) is 33.6 Å². The number of hydrogen-bond donors (Lipinski definition) is 2. The van der Waals surface area contributed by atoms with Crippen LogP contribution in [0.3, 0.4) is 0 Å². The fraction of sp³-hybridized carbons (Fsp3) is 0.769. The van der Waals surface area contributed by atoms with Crippen LogP contribution in [0.15, 0.2) is 16.9 Å². The highest BCUT2D eigenvalue weighted by Crippen LogP contribution is 2.12. The summed E-state index contributed by atoms with van der Waals surface area (Å²) in [5.41, 5.74) is 0. The van der Waals surface area contributed by atoms with Gasteiger partial charge in [-0.3, -0.25) is 4.68 Å². The van der Waals surface area contributed by atoms with Crippen LogP contribution in [-0.4, -0.2) is 33.6 Å². The van der Waals surface area contributed by atoms with Crippen LogP contribution in [0.2, 0.25) is 0 Å². The van der Waals surface area contributed by atoms with E-state index in [4.69, 9.17) is 0 Å². The first-order valence-electron chi connectivity index (χ1n) is 6.66. The molecule has 0 aliphatic rings. The fourth-order valence-electron chi connectivity index (χ4n) is 2.10. The van der Waals surface area contributed by atoms with E-state index in [1.54, 1.807) is 6.20 Å². The molecular weight excluding hydrogens is 294 g/mol. The molecule has 0 radical (unpaired) electrons. The Bertz CT molecular complexity index is 339. The van der Waals surface area contributed by atoms with Crippen LogP contribution >= 0.6 is 15.9 Å². The largest absolute Gasteiger partial charge is 0.392 e. The second-order valence-electron chi connectivity index (χ2n) is 4.83. The zero-order chi connectivity index (χ0) is 13.5. The molecule has 0 saturated carbocycles. The second kappa shape index (κ2) is 7.92. The normalized spacial score (nSPS) is 15.0. The highest BCUT2D eigenvalue weighted by Gasteiger charge is 2.16. The average molecular weight is 318 g/mol. The lowest BCUT2D eigenvalue weighted by atomic mass is 9.96. The smallest absolute Gasteiger partial charge is 0.0692 e. The molecule has 0 fully saturated rings. The van der Waals surface area contributed by atoms with Gasteiger partial charge in [0.1, 0.15) is 0 Å². The molecule has 0 aliphatic carbocycles. The Labute approximate surface area is 118 Å². The zero-order valence-corrected chi connectivity index (χ0v) is 13.0. The van der Waals surface area contributed by atoms with E-state index < -0.39 is 0 Å². The SMILES string of the molecule is CCC(CC)C(O)CNC(C)Cn1cc(Br)cn1. The number of nitrogens with one attached hydrogen (secondary N) is 1. The molecule has 18 heavy (non-hydrogen) atoms. The molecule has 104 valence electrons. The average Bonchev–Trinajstić information content (AvgIpc) is 2.73. The van der Waals surface area contributed by atoms with Gasteiger partial charge >= 0.3 is 0 Å². The summed E-state index contributed by atoms with van der Waals surface area (Å²) in [5.74, 6) is 0.392. The summed E-state index contributed by atoms with van der Waals surface area (Å²) in [4.78, 5) is 0. The van der Waals surface area contributed by atoms with Crippen molar-refractivity contribution in [1.82, 2.24) is 15.1 Å². The molecule has 1 rings (SSSR count). The van der Waals surface area contributed by atoms with Crippen LogP contribution in [-0.2, 0) is 6.54 Å². The number of rotatable bonds is 8. The molecular formula is C13H24BrN3O. The molecule has 0 aliphatic heterocycles. The van der Waals surface area contributed by atoms with Gasteiger partial charge in [-0.1, -0.05) is 26.7 Å². The van der Waals surface area contributed by atoms with Crippen molar-refractivity contribution in [2.75, 3.05) is 6.54 Å². The van der Waals surface area contributed by atoms with E-state index in [-0.39, 0.29) is 6.10 Å². The molecule has 0 spiro atoms. The van der Waals surface area contributed by atoms with Crippen molar-refractivity contribution in [3.63, 3.8) is 0 Å². The van der Waals surface area contributed by atoms with Gasteiger partial charge in [-0.05, 0) is 28.8 Å². The van der Waals surface area contributed by atoms with Crippen molar-refractivity contribution in [3.8, 4) is 0 Å². The summed E-state index contributed by atoms with van der Waals surface area (Å²) >= 11 is 3.38. The highest BCUT2D eigenvalue weighted by molar-refractivity contribution is 9.10. The van der Waals surface area contributed by atoms with E-state index >= 15 is 0 Å². The lowest BCUT2D eigenvalue weighted by Gasteiger charge is -2.22. The minimum absolute atomic E-state index is 0.258. The minimum atomic E-state index is -0.258. The third kappa shape index (κ3) is 5.08. The number of nitrogens with zero attached hydrogens (tertiary/aromatic N) is 2. The van der Waals surface area contributed by atoms with Gasteiger partial charge in [-0.2, -0.15) is 5.10 Å². The van der Waals surface area contributed by atoms with Crippen molar-refractivity contribution in [2.45, 2.75) is 52.3 Å². The Morgan fingerprint density at radius 3 is 2.61 bits per heavy atom. The van der Waals surface area contributed by atoms with E-state index in [9.17, 15) is 5.11 Å². The monoisotopic (exact) mass is 317 g/mol. The Morgan fingerprint density at radius 2 is 2.11 bits per heavy atom. The predicted molar refractivity (Wildman–Crippen MR) is 77.5 cm³/mol. The molecule has 1 aromatic heterocycles. The topological polar surface area (TPSA) is 50.1 Å². The fourth-order valence-corrected chi connectivity index (χ4v) is 2.43. The summed E-state index contributed by atoms with van der Waals surface area (Å²) in [6, 6.07) is 0.292. The quantitative estimate of drug-likeness (QED) is 0.774. The Balaban J connectivity index is 2.30. The standard InChI is InChI=1S/C13H24BrN3O/c1-4-11(5-2)13(18)7-15-10(3)8-17-9-12(14)6-16-17/h6,9-11,13,15,18H,4-5,7-8H2,1-3H3. The van der Waals surface area contributed by atoms with Gasteiger partial charge < -0.3 is 10.4 Å². The van der Waals surface area contributed by atoms with E-state index in [1.165, 1.54) is 0 Å². The molecule has 2 atom stereocenters. The third-order valence-electron chi connectivity index (χ3n) is 3.33. The summed E-state index contributed by atoms with van der Waals surface area (Å²) in [6.07, 6.45) is 5.53. The first-order chi connectivity index (χ1) is 8.56. The molecule has 1 heterocycles.